The Hall–Kier alpha value is -0.160. The summed E-state index contributed by atoms with van der Waals surface area (Å²) in [6.07, 6.45) is -5.02. The molecule has 0 atom stereocenters. The van der Waals surface area contributed by atoms with E-state index in [0.717, 1.165) is 4.88 Å². The molecule has 0 spiro atoms. The molecule has 1 aliphatic carbocycles. The maximum atomic E-state index is 12.8. The first-order chi connectivity index (χ1) is 9.11. The summed E-state index contributed by atoms with van der Waals surface area (Å²) in [7, 11) is -2.50. The van der Waals surface area contributed by atoms with Crippen molar-refractivity contribution in [2.75, 3.05) is 7.05 Å². The monoisotopic (exact) mass is 392 g/mol. The molecule has 20 heavy (non-hydrogen) atoms. The van der Waals surface area contributed by atoms with Crippen molar-refractivity contribution in [3.63, 3.8) is 0 Å². The standard InChI is InChI=1S/C10H12BrF3N2O2S2/c1-15-5-6-4-7(8(11)19-6)20(17,18)16-9(2-3-9)10(12,13)14/h4,15-16H,2-3,5H2,1H3. The van der Waals surface area contributed by atoms with Crippen LogP contribution in [0.1, 0.15) is 17.7 Å². The number of alkyl halides is 3. The first kappa shape index (κ1) is 16.2. The quantitative estimate of drug-likeness (QED) is 0.809. The van der Waals surface area contributed by atoms with Gasteiger partial charge in [0.25, 0.3) is 0 Å². The Morgan fingerprint density at radius 3 is 2.50 bits per heavy atom. The van der Waals surface area contributed by atoms with Gasteiger partial charge in [-0.05, 0) is 41.9 Å². The van der Waals surface area contributed by atoms with Gasteiger partial charge < -0.3 is 5.32 Å². The molecule has 114 valence electrons. The van der Waals surface area contributed by atoms with E-state index in [1.54, 1.807) is 11.8 Å². The van der Waals surface area contributed by atoms with Crippen molar-refractivity contribution in [1.82, 2.24) is 10.0 Å². The molecule has 2 N–H and O–H groups in total. The Labute approximate surface area is 126 Å². The zero-order valence-corrected chi connectivity index (χ0v) is 13.6. The summed E-state index contributed by atoms with van der Waals surface area (Å²) < 4.78 is 64.8. The van der Waals surface area contributed by atoms with E-state index >= 15 is 0 Å². The lowest BCUT2D eigenvalue weighted by Gasteiger charge is -2.20. The number of halogens is 4. The first-order valence-corrected chi connectivity index (χ1v) is 8.74. The van der Waals surface area contributed by atoms with Gasteiger partial charge in [-0.2, -0.15) is 17.9 Å². The second kappa shape index (κ2) is 5.24. The van der Waals surface area contributed by atoms with Crippen LogP contribution in [0, 0.1) is 0 Å². The molecule has 0 aromatic carbocycles. The Morgan fingerprint density at radius 2 is 2.05 bits per heavy atom. The average Bonchev–Trinajstić information content (AvgIpc) is 2.96. The molecule has 1 aliphatic rings. The van der Waals surface area contributed by atoms with E-state index in [9.17, 15) is 21.6 Å². The van der Waals surface area contributed by atoms with E-state index in [2.05, 4.69) is 21.2 Å². The van der Waals surface area contributed by atoms with Crippen LogP contribution in [-0.4, -0.2) is 27.2 Å². The highest BCUT2D eigenvalue weighted by Gasteiger charge is 2.65. The highest BCUT2D eigenvalue weighted by atomic mass is 79.9. The van der Waals surface area contributed by atoms with Crippen molar-refractivity contribution < 1.29 is 21.6 Å². The molecule has 0 unspecified atom stereocenters. The van der Waals surface area contributed by atoms with Gasteiger partial charge in [-0.1, -0.05) is 0 Å². The fraction of sp³-hybridized carbons (Fsp3) is 0.600. The van der Waals surface area contributed by atoms with Gasteiger partial charge in [-0.3, -0.25) is 0 Å². The van der Waals surface area contributed by atoms with Gasteiger partial charge in [0.15, 0.2) is 0 Å². The second-order valence-corrected chi connectivity index (χ2v) is 8.67. The normalized spacial score (nSPS) is 18.2. The molecule has 0 bridgehead atoms. The summed E-state index contributed by atoms with van der Waals surface area (Å²) in [6, 6.07) is 1.38. The summed E-state index contributed by atoms with van der Waals surface area (Å²) in [5.41, 5.74) is -2.30. The number of hydrogen-bond donors (Lipinski definition) is 2. The van der Waals surface area contributed by atoms with Gasteiger partial charge in [0, 0.05) is 11.4 Å². The van der Waals surface area contributed by atoms with E-state index in [1.807, 2.05) is 0 Å². The van der Waals surface area contributed by atoms with Gasteiger partial charge in [0.05, 0.1) is 3.79 Å². The molecular formula is C10H12BrF3N2O2S2. The van der Waals surface area contributed by atoms with Crippen molar-refractivity contribution in [1.29, 1.82) is 0 Å². The molecule has 10 heteroatoms. The van der Waals surface area contributed by atoms with Gasteiger partial charge >= 0.3 is 6.18 Å². The summed E-state index contributed by atoms with van der Waals surface area (Å²) >= 11 is 4.27. The molecular weight excluding hydrogens is 381 g/mol. The summed E-state index contributed by atoms with van der Waals surface area (Å²) in [4.78, 5) is 0.569. The first-order valence-electron chi connectivity index (χ1n) is 5.65. The number of rotatable bonds is 5. The van der Waals surface area contributed by atoms with Crippen molar-refractivity contribution in [3.8, 4) is 0 Å². The fourth-order valence-electron chi connectivity index (χ4n) is 1.72. The van der Waals surface area contributed by atoms with Crippen molar-refractivity contribution >= 4 is 37.3 Å². The number of nitrogens with one attached hydrogen (secondary N) is 2. The molecule has 1 aromatic heterocycles. The minimum Gasteiger partial charge on any atom is -0.315 e. The van der Waals surface area contributed by atoms with Crippen LogP contribution in [0.2, 0.25) is 0 Å². The molecule has 0 radical (unpaired) electrons. The number of sulfonamides is 1. The Bertz CT molecular complexity index is 609. The van der Waals surface area contributed by atoms with E-state index in [1.165, 1.54) is 17.4 Å². The van der Waals surface area contributed by atoms with Crippen LogP contribution in [0.25, 0.3) is 0 Å². The van der Waals surface area contributed by atoms with E-state index < -0.39 is 21.7 Å². The molecule has 4 nitrogen and oxygen atoms in total. The Kier molecular flexibility index (Phi) is 4.25. The Balaban J connectivity index is 2.28. The predicted octanol–water partition coefficient (Wildman–Crippen LogP) is 2.60. The third kappa shape index (κ3) is 3.03. The maximum Gasteiger partial charge on any atom is 0.407 e. The lowest BCUT2D eigenvalue weighted by atomic mass is 10.3. The third-order valence-electron chi connectivity index (χ3n) is 2.97. The van der Waals surface area contributed by atoms with Gasteiger partial charge in [-0.15, -0.1) is 11.3 Å². The number of thiophene rings is 1. The van der Waals surface area contributed by atoms with Crippen molar-refractivity contribution in [3.05, 3.63) is 14.7 Å². The largest absolute Gasteiger partial charge is 0.407 e. The Morgan fingerprint density at radius 1 is 1.45 bits per heavy atom. The lowest BCUT2D eigenvalue weighted by molar-refractivity contribution is -0.160. The number of hydrogen-bond acceptors (Lipinski definition) is 4. The summed E-state index contributed by atoms with van der Waals surface area (Å²) in [5, 5.41) is 2.86. The highest BCUT2D eigenvalue weighted by molar-refractivity contribution is 9.11. The molecule has 2 rings (SSSR count). The minimum absolute atomic E-state index is 0.150. The topological polar surface area (TPSA) is 58.2 Å². The van der Waals surface area contributed by atoms with Gasteiger partial charge in [-0.25, -0.2) is 8.42 Å². The molecule has 0 aliphatic heterocycles. The van der Waals surface area contributed by atoms with Crippen LogP contribution < -0.4 is 10.0 Å². The van der Waals surface area contributed by atoms with Gasteiger partial charge in [0.2, 0.25) is 10.0 Å². The molecule has 1 fully saturated rings. The average molecular weight is 393 g/mol. The van der Waals surface area contributed by atoms with Crippen molar-refractivity contribution in [2.45, 2.75) is 36.0 Å². The van der Waals surface area contributed by atoms with Crippen LogP contribution in [0.4, 0.5) is 13.2 Å². The van der Waals surface area contributed by atoms with E-state index in [4.69, 9.17) is 0 Å². The third-order valence-corrected chi connectivity index (χ3v) is 6.76. The van der Waals surface area contributed by atoms with Gasteiger partial charge in [0.1, 0.15) is 10.4 Å². The van der Waals surface area contributed by atoms with Crippen LogP contribution in [0.3, 0.4) is 0 Å². The van der Waals surface area contributed by atoms with Crippen LogP contribution >= 0.6 is 27.3 Å². The van der Waals surface area contributed by atoms with Crippen LogP contribution in [0.5, 0.6) is 0 Å². The zero-order chi connectivity index (χ0) is 15.2. The van der Waals surface area contributed by atoms with E-state index in [-0.39, 0.29) is 17.7 Å². The van der Waals surface area contributed by atoms with Crippen molar-refractivity contribution in [2.24, 2.45) is 0 Å². The second-order valence-electron chi connectivity index (χ2n) is 4.57. The molecule has 1 aromatic rings. The van der Waals surface area contributed by atoms with Crippen LogP contribution in [-0.2, 0) is 16.6 Å². The lowest BCUT2D eigenvalue weighted by Crippen LogP contribution is -2.47. The molecule has 1 saturated carbocycles. The molecule has 0 saturated heterocycles. The SMILES string of the molecule is CNCc1cc(S(=O)(=O)NC2(C(F)(F)F)CC2)c(Br)s1. The summed E-state index contributed by atoms with van der Waals surface area (Å²) in [5.74, 6) is 0. The minimum atomic E-state index is -4.57. The molecule has 0 amide bonds. The highest BCUT2D eigenvalue weighted by Crippen LogP contribution is 2.50. The molecule has 1 heterocycles. The zero-order valence-electron chi connectivity index (χ0n) is 10.3. The fourth-order valence-corrected chi connectivity index (χ4v) is 5.87. The van der Waals surface area contributed by atoms with E-state index in [0.29, 0.717) is 10.3 Å². The smallest absolute Gasteiger partial charge is 0.315 e. The maximum absolute atomic E-state index is 12.8. The predicted molar refractivity (Wildman–Crippen MR) is 73.1 cm³/mol. The summed E-state index contributed by atoms with van der Waals surface area (Å²) in [6.45, 7) is 0.448. The van der Waals surface area contributed by atoms with Crippen LogP contribution in [0.15, 0.2) is 14.7 Å².